The molecule has 1 aliphatic rings. The first kappa shape index (κ1) is 25.1. The van der Waals surface area contributed by atoms with Crippen LogP contribution in [0.1, 0.15) is 62.3 Å². The third-order valence-electron chi connectivity index (χ3n) is 5.75. The summed E-state index contributed by atoms with van der Waals surface area (Å²) in [5.41, 5.74) is 0.153. The minimum Gasteiger partial charge on any atom is -0.444 e. The van der Waals surface area contributed by atoms with Gasteiger partial charge < -0.3 is 14.1 Å². The fourth-order valence-corrected chi connectivity index (χ4v) is 3.95. The van der Waals surface area contributed by atoms with Crippen LogP contribution in [0, 0.1) is 0 Å². The Kier molecular flexibility index (Phi) is 7.38. The second-order valence-corrected chi connectivity index (χ2v) is 15.2. The zero-order valence-corrected chi connectivity index (χ0v) is 21.1. The van der Waals surface area contributed by atoms with Crippen LogP contribution < -0.4 is 0 Å². The molecule has 0 bridgehead atoms. The highest BCUT2D eigenvalue weighted by Crippen LogP contribution is 2.36. The van der Waals surface area contributed by atoms with Crippen molar-refractivity contribution in [3.63, 3.8) is 0 Å². The molecule has 0 aliphatic carbocycles. The first-order valence-electron chi connectivity index (χ1n) is 10.7. The molecule has 0 saturated carbocycles. The van der Waals surface area contributed by atoms with Gasteiger partial charge in [0.15, 0.2) is 8.32 Å². The van der Waals surface area contributed by atoms with Crippen LogP contribution in [0.25, 0.3) is 0 Å². The van der Waals surface area contributed by atoms with Crippen LogP contribution in [-0.2, 0) is 9.16 Å². The minimum absolute atomic E-state index is 0.0594. The fourth-order valence-electron chi connectivity index (χ4n) is 2.91. The molecule has 0 atom stereocenters. The highest BCUT2D eigenvalue weighted by molar-refractivity contribution is 6.74. The Hall–Kier alpha value is -2.19. The molecule has 172 valence electrons. The van der Waals surface area contributed by atoms with Crippen molar-refractivity contribution >= 4 is 26.2 Å². The smallest absolute Gasteiger partial charge is 0.410 e. The summed E-state index contributed by atoms with van der Waals surface area (Å²) in [6, 6.07) is 6.76. The molecule has 3 amide bonds. The number of hydrogen-bond acceptors (Lipinski definition) is 5. The number of rotatable bonds is 7. The van der Waals surface area contributed by atoms with Crippen LogP contribution >= 0.6 is 0 Å². The van der Waals surface area contributed by atoms with Gasteiger partial charge in [0, 0.05) is 19.6 Å². The summed E-state index contributed by atoms with van der Waals surface area (Å²) >= 11 is 0. The Morgan fingerprint density at radius 3 is 1.94 bits per heavy atom. The molecule has 1 heterocycles. The Morgan fingerprint density at radius 2 is 1.48 bits per heavy atom. The number of carbonyl (C=O) groups excluding carboxylic acids is 3. The predicted molar refractivity (Wildman–Crippen MR) is 123 cm³/mol. The SMILES string of the molecule is CC(C)(C)OC(=O)N(CCO[Si](C)(C)C(C)(C)C)CCN1C(=O)c2ccccc2C1=O. The lowest BCUT2D eigenvalue weighted by molar-refractivity contribution is 0.0200. The van der Waals surface area contributed by atoms with Gasteiger partial charge in [0.1, 0.15) is 5.60 Å². The Bertz CT molecular complexity index is 804. The van der Waals surface area contributed by atoms with Crippen molar-refractivity contribution in [3.05, 3.63) is 35.4 Å². The Balaban J connectivity index is 2.07. The van der Waals surface area contributed by atoms with E-state index in [-0.39, 0.29) is 29.9 Å². The number of amides is 3. The van der Waals surface area contributed by atoms with Crippen molar-refractivity contribution in [1.29, 1.82) is 0 Å². The average molecular weight is 449 g/mol. The maximum absolute atomic E-state index is 12.8. The van der Waals surface area contributed by atoms with Gasteiger partial charge in [0.2, 0.25) is 0 Å². The number of imide groups is 1. The first-order valence-corrected chi connectivity index (χ1v) is 13.6. The van der Waals surface area contributed by atoms with E-state index in [1.165, 1.54) is 9.80 Å². The predicted octanol–water partition coefficient (Wildman–Crippen LogP) is 4.54. The van der Waals surface area contributed by atoms with Crippen LogP contribution in [0.15, 0.2) is 24.3 Å². The average Bonchev–Trinajstić information content (AvgIpc) is 2.86. The molecule has 2 rings (SSSR count). The topological polar surface area (TPSA) is 76.2 Å². The van der Waals surface area contributed by atoms with Crippen LogP contribution in [0.5, 0.6) is 0 Å². The largest absolute Gasteiger partial charge is 0.444 e. The van der Waals surface area contributed by atoms with E-state index in [0.717, 1.165) is 0 Å². The van der Waals surface area contributed by atoms with Crippen LogP contribution in [-0.4, -0.2) is 67.9 Å². The van der Waals surface area contributed by atoms with Crippen LogP contribution in [0.4, 0.5) is 4.79 Å². The third kappa shape index (κ3) is 6.17. The lowest BCUT2D eigenvalue weighted by Crippen LogP contribution is -2.46. The summed E-state index contributed by atoms with van der Waals surface area (Å²) in [5.74, 6) is -0.662. The molecule has 0 saturated heterocycles. The van der Waals surface area contributed by atoms with E-state index < -0.39 is 20.0 Å². The summed E-state index contributed by atoms with van der Waals surface area (Å²) in [4.78, 5) is 40.7. The highest BCUT2D eigenvalue weighted by atomic mass is 28.4. The second kappa shape index (κ2) is 9.12. The van der Waals surface area contributed by atoms with Gasteiger partial charge in [-0.05, 0) is 51.0 Å². The third-order valence-corrected chi connectivity index (χ3v) is 10.3. The summed E-state index contributed by atoms with van der Waals surface area (Å²) < 4.78 is 11.7. The number of carbonyl (C=O) groups is 3. The Labute approximate surface area is 186 Å². The lowest BCUT2D eigenvalue weighted by Gasteiger charge is -2.37. The number of fused-ring (bicyclic) bond motifs is 1. The van der Waals surface area contributed by atoms with Gasteiger partial charge >= 0.3 is 6.09 Å². The van der Waals surface area contributed by atoms with Gasteiger partial charge in [-0.2, -0.15) is 0 Å². The van der Waals surface area contributed by atoms with Gasteiger partial charge in [0.25, 0.3) is 11.8 Å². The van der Waals surface area contributed by atoms with E-state index in [9.17, 15) is 14.4 Å². The van der Waals surface area contributed by atoms with E-state index in [2.05, 4.69) is 33.9 Å². The highest BCUT2D eigenvalue weighted by Gasteiger charge is 2.38. The van der Waals surface area contributed by atoms with Gasteiger partial charge in [-0.3, -0.25) is 14.5 Å². The standard InChI is InChI=1S/C23H36N2O5Si/c1-22(2,3)30-21(28)24(15-16-29-31(7,8)23(4,5)6)13-14-25-19(26)17-11-9-10-12-18(17)20(25)27/h9-12H,13-16H2,1-8H3. The van der Waals surface area contributed by atoms with Crippen molar-refractivity contribution in [2.75, 3.05) is 26.2 Å². The lowest BCUT2D eigenvalue weighted by atomic mass is 10.1. The molecule has 1 aromatic rings. The Morgan fingerprint density at radius 1 is 0.968 bits per heavy atom. The maximum atomic E-state index is 12.8. The van der Waals surface area contributed by atoms with E-state index in [1.807, 2.05) is 0 Å². The quantitative estimate of drug-likeness (QED) is 0.452. The minimum atomic E-state index is -1.96. The molecule has 0 spiro atoms. The zero-order valence-electron chi connectivity index (χ0n) is 20.1. The molecule has 31 heavy (non-hydrogen) atoms. The summed E-state index contributed by atoms with van der Waals surface area (Å²) in [5, 5.41) is 0.0594. The van der Waals surface area contributed by atoms with Gasteiger partial charge in [0.05, 0.1) is 17.7 Å². The van der Waals surface area contributed by atoms with Crippen molar-refractivity contribution in [2.24, 2.45) is 0 Å². The van der Waals surface area contributed by atoms with Gasteiger partial charge in [-0.25, -0.2) is 4.79 Å². The van der Waals surface area contributed by atoms with Crippen LogP contribution in [0.2, 0.25) is 18.1 Å². The van der Waals surface area contributed by atoms with Crippen molar-refractivity contribution in [2.45, 2.75) is 65.3 Å². The maximum Gasteiger partial charge on any atom is 0.410 e. The molecule has 0 aromatic heterocycles. The zero-order chi connectivity index (χ0) is 23.6. The van der Waals surface area contributed by atoms with Crippen molar-refractivity contribution < 1.29 is 23.5 Å². The van der Waals surface area contributed by atoms with Crippen molar-refractivity contribution in [3.8, 4) is 0 Å². The summed E-state index contributed by atoms with van der Waals surface area (Å²) in [6.07, 6.45) is -0.483. The second-order valence-electron chi connectivity index (χ2n) is 10.4. The first-order chi connectivity index (χ1) is 14.1. The molecular formula is C23H36N2O5Si. The van der Waals surface area contributed by atoms with Crippen LogP contribution in [0.3, 0.4) is 0 Å². The molecule has 8 heteroatoms. The molecule has 1 aliphatic heterocycles. The van der Waals surface area contributed by atoms with E-state index in [1.54, 1.807) is 45.0 Å². The monoisotopic (exact) mass is 448 g/mol. The molecule has 0 fully saturated rings. The molecular weight excluding hydrogens is 412 g/mol. The fraction of sp³-hybridized carbons (Fsp3) is 0.609. The van der Waals surface area contributed by atoms with Gasteiger partial charge in [-0.1, -0.05) is 32.9 Å². The number of nitrogens with zero attached hydrogens (tertiary/aromatic N) is 2. The molecule has 0 radical (unpaired) electrons. The van der Waals surface area contributed by atoms with Crippen molar-refractivity contribution in [1.82, 2.24) is 9.80 Å². The molecule has 0 N–H and O–H groups in total. The molecule has 0 unspecified atom stereocenters. The van der Waals surface area contributed by atoms with E-state index >= 15 is 0 Å². The van der Waals surface area contributed by atoms with Gasteiger partial charge in [-0.15, -0.1) is 0 Å². The summed E-state index contributed by atoms with van der Waals surface area (Å²) in [6.45, 7) is 17.2. The van der Waals surface area contributed by atoms with E-state index in [0.29, 0.717) is 24.3 Å². The normalized spacial score (nSPS) is 14.6. The number of benzene rings is 1. The van der Waals surface area contributed by atoms with E-state index in [4.69, 9.17) is 9.16 Å². The summed E-state index contributed by atoms with van der Waals surface area (Å²) in [7, 11) is -1.96. The number of ether oxygens (including phenoxy) is 1. The molecule has 1 aromatic carbocycles. The molecule has 7 nitrogen and oxygen atoms in total. The number of hydrogen-bond donors (Lipinski definition) is 0.